The van der Waals surface area contributed by atoms with Crippen LogP contribution in [0.4, 0.5) is 4.39 Å². The second kappa shape index (κ2) is 6.09. The maximum Gasteiger partial charge on any atom is 0.144 e. The lowest BCUT2D eigenvalue weighted by molar-refractivity contribution is 0.584. The van der Waals surface area contributed by atoms with Gasteiger partial charge >= 0.3 is 0 Å². The summed E-state index contributed by atoms with van der Waals surface area (Å²) in [6.07, 6.45) is 0.697. The predicted molar refractivity (Wildman–Crippen MR) is 66.2 cm³/mol. The zero-order valence-corrected chi connectivity index (χ0v) is 11.4. The fraction of sp³-hybridized carbons (Fsp3) is 0.400. The first kappa shape index (κ1) is 12.5. The van der Waals surface area contributed by atoms with Gasteiger partial charge in [0, 0.05) is 10.7 Å². The summed E-state index contributed by atoms with van der Waals surface area (Å²) in [4.78, 5) is 0. The average Bonchev–Trinajstić information content (AvgIpc) is 2.20. The van der Waals surface area contributed by atoms with E-state index in [1.165, 1.54) is 0 Å². The van der Waals surface area contributed by atoms with E-state index in [0.29, 0.717) is 17.9 Å². The molecule has 0 heterocycles. The summed E-state index contributed by atoms with van der Waals surface area (Å²) in [5, 5.41) is 1.90. The number of hydrogen-bond donors (Lipinski definition) is 0. The lowest BCUT2D eigenvalue weighted by atomic mass is 10.0. The van der Waals surface area contributed by atoms with Gasteiger partial charge in [-0.1, -0.05) is 55.6 Å². The molecule has 0 nitrogen and oxygen atoms in total. The number of halogens is 4. The zero-order chi connectivity index (χ0) is 10.6. The number of rotatable bonds is 4. The fourth-order valence-electron chi connectivity index (χ4n) is 1.17. The van der Waals surface area contributed by atoms with E-state index in [1.54, 1.807) is 18.2 Å². The van der Waals surface area contributed by atoms with Crippen molar-refractivity contribution in [2.24, 2.45) is 5.92 Å². The van der Waals surface area contributed by atoms with Gasteiger partial charge in [-0.3, -0.25) is 0 Å². The third-order valence-electron chi connectivity index (χ3n) is 1.98. The van der Waals surface area contributed by atoms with Crippen molar-refractivity contribution in [2.45, 2.75) is 6.42 Å². The van der Waals surface area contributed by atoms with E-state index < -0.39 is 0 Å². The van der Waals surface area contributed by atoms with Crippen molar-refractivity contribution >= 4 is 43.5 Å². The smallest absolute Gasteiger partial charge is 0.144 e. The Morgan fingerprint density at radius 2 is 1.93 bits per heavy atom. The normalized spacial score (nSPS) is 10.9. The van der Waals surface area contributed by atoms with Crippen molar-refractivity contribution in [1.82, 2.24) is 0 Å². The minimum absolute atomic E-state index is 0.199. The highest BCUT2D eigenvalue weighted by Gasteiger charge is 2.11. The first-order valence-corrected chi connectivity index (χ1v) is 6.86. The summed E-state index contributed by atoms with van der Waals surface area (Å²) < 4.78 is 13.5. The number of alkyl halides is 2. The molecule has 1 rings (SSSR count). The summed E-state index contributed by atoms with van der Waals surface area (Å²) in [6.45, 7) is 0. The summed E-state index contributed by atoms with van der Waals surface area (Å²) in [6, 6.07) is 5.12. The quantitative estimate of drug-likeness (QED) is 0.709. The van der Waals surface area contributed by atoms with Crippen LogP contribution >= 0.6 is 43.5 Å². The van der Waals surface area contributed by atoms with E-state index in [-0.39, 0.29) is 10.8 Å². The zero-order valence-electron chi connectivity index (χ0n) is 7.44. The highest BCUT2D eigenvalue weighted by molar-refractivity contribution is 9.09. The van der Waals surface area contributed by atoms with Crippen molar-refractivity contribution in [3.63, 3.8) is 0 Å². The van der Waals surface area contributed by atoms with Crippen molar-refractivity contribution < 1.29 is 4.39 Å². The first-order chi connectivity index (χ1) is 6.69. The van der Waals surface area contributed by atoms with Gasteiger partial charge in [-0.05, 0) is 24.0 Å². The molecule has 0 fully saturated rings. The summed E-state index contributed by atoms with van der Waals surface area (Å²) in [7, 11) is 0. The highest BCUT2D eigenvalue weighted by atomic mass is 79.9. The third-order valence-corrected chi connectivity index (χ3v) is 4.10. The Hall–Kier alpha value is 0.400. The van der Waals surface area contributed by atoms with Crippen LogP contribution in [0.15, 0.2) is 18.2 Å². The van der Waals surface area contributed by atoms with Crippen molar-refractivity contribution in [3.8, 4) is 0 Å². The van der Waals surface area contributed by atoms with Gasteiger partial charge in [0.05, 0.1) is 5.02 Å². The Bertz CT molecular complexity index is 300. The summed E-state index contributed by atoms with van der Waals surface area (Å²) in [5.41, 5.74) is 0.682. The molecule has 1 aromatic rings. The molecular weight excluding hydrogens is 334 g/mol. The molecule has 0 aliphatic carbocycles. The Balaban J connectivity index is 2.80. The molecule has 0 aliphatic rings. The molecule has 0 aromatic heterocycles. The minimum atomic E-state index is -0.291. The molecular formula is C10H10Br2ClF. The predicted octanol–water partition coefficient (Wildman–Crippen LogP) is 4.43. The fourth-order valence-corrected chi connectivity index (χ4v) is 2.89. The first-order valence-electron chi connectivity index (χ1n) is 4.23. The maximum absolute atomic E-state index is 13.5. The molecule has 78 valence electrons. The molecule has 4 heteroatoms. The lowest BCUT2D eigenvalue weighted by Gasteiger charge is -2.11. The van der Waals surface area contributed by atoms with Gasteiger partial charge in [0.2, 0.25) is 0 Å². The van der Waals surface area contributed by atoms with E-state index >= 15 is 0 Å². The second-order valence-corrected chi connectivity index (χ2v) is 4.79. The molecule has 0 spiro atoms. The number of benzene rings is 1. The van der Waals surface area contributed by atoms with Crippen LogP contribution in [0.2, 0.25) is 5.02 Å². The van der Waals surface area contributed by atoms with Gasteiger partial charge in [0.1, 0.15) is 5.82 Å². The molecule has 1 aromatic carbocycles. The van der Waals surface area contributed by atoms with Crippen LogP contribution in [0, 0.1) is 11.7 Å². The molecule has 0 N–H and O–H groups in total. The van der Waals surface area contributed by atoms with Gasteiger partial charge in [-0.2, -0.15) is 0 Å². The van der Waals surface area contributed by atoms with E-state index in [0.717, 1.165) is 10.7 Å². The van der Waals surface area contributed by atoms with Crippen LogP contribution in [0.1, 0.15) is 5.56 Å². The SMILES string of the molecule is Fc1c(Cl)cccc1CC(CBr)CBr. The van der Waals surface area contributed by atoms with Gasteiger partial charge in [-0.15, -0.1) is 0 Å². The van der Waals surface area contributed by atoms with E-state index in [1.807, 2.05) is 0 Å². The standard InChI is InChI=1S/C10H10Br2ClF/c11-5-7(6-12)4-8-2-1-3-9(13)10(8)14/h1-3,7H,4-6H2. The van der Waals surface area contributed by atoms with Gasteiger partial charge < -0.3 is 0 Å². The molecule has 0 saturated heterocycles. The van der Waals surface area contributed by atoms with Crippen molar-refractivity contribution in [3.05, 3.63) is 34.6 Å². The number of hydrogen-bond acceptors (Lipinski definition) is 0. The van der Waals surface area contributed by atoms with Gasteiger partial charge in [0.15, 0.2) is 0 Å². The molecule has 0 radical (unpaired) electrons. The molecule has 0 bridgehead atoms. The van der Waals surface area contributed by atoms with E-state index in [4.69, 9.17) is 11.6 Å². The molecule has 0 atom stereocenters. The third kappa shape index (κ3) is 3.21. The van der Waals surface area contributed by atoms with Crippen molar-refractivity contribution in [2.75, 3.05) is 10.7 Å². The van der Waals surface area contributed by atoms with E-state index in [9.17, 15) is 4.39 Å². The lowest BCUT2D eigenvalue weighted by Crippen LogP contribution is -2.08. The topological polar surface area (TPSA) is 0 Å². The summed E-state index contributed by atoms with van der Waals surface area (Å²) >= 11 is 12.5. The maximum atomic E-state index is 13.5. The Labute approximate surface area is 105 Å². The molecule has 0 saturated carbocycles. The van der Waals surface area contributed by atoms with Gasteiger partial charge in [0.25, 0.3) is 0 Å². The molecule has 0 aliphatic heterocycles. The second-order valence-electron chi connectivity index (χ2n) is 3.09. The summed E-state index contributed by atoms with van der Waals surface area (Å²) in [5.74, 6) is 0.101. The van der Waals surface area contributed by atoms with Crippen LogP contribution in [0.25, 0.3) is 0 Å². The van der Waals surface area contributed by atoms with Crippen LogP contribution in [0.3, 0.4) is 0 Å². The van der Waals surface area contributed by atoms with Crippen molar-refractivity contribution in [1.29, 1.82) is 0 Å². The van der Waals surface area contributed by atoms with Gasteiger partial charge in [-0.25, -0.2) is 4.39 Å². The van der Waals surface area contributed by atoms with Crippen LogP contribution < -0.4 is 0 Å². The minimum Gasteiger partial charge on any atom is -0.205 e. The Kier molecular flexibility index (Phi) is 5.42. The molecule has 14 heavy (non-hydrogen) atoms. The Morgan fingerprint density at radius 1 is 1.29 bits per heavy atom. The largest absolute Gasteiger partial charge is 0.205 e. The van der Waals surface area contributed by atoms with Crippen LogP contribution in [-0.2, 0) is 6.42 Å². The molecule has 0 amide bonds. The monoisotopic (exact) mass is 342 g/mol. The van der Waals surface area contributed by atoms with E-state index in [2.05, 4.69) is 31.9 Å². The Morgan fingerprint density at radius 3 is 2.50 bits per heavy atom. The van der Waals surface area contributed by atoms with Crippen LogP contribution in [-0.4, -0.2) is 10.7 Å². The van der Waals surface area contributed by atoms with Crippen LogP contribution in [0.5, 0.6) is 0 Å². The average molecular weight is 344 g/mol. The highest BCUT2D eigenvalue weighted by Crippen LogP contribution is 2.21. The molecule has 0 unspecified atom stereocenters.